The largest absolute Gasteiger partial charge is 0.349 e. The number of carbonyl (C=O) groups is 1. The van der Waals surface area contributed by atoms with E-state index >= 15 is 0 Å². The lowest BCUT2D eigenvalue weighted by atomic mass is 10.1. The molecule has 0 saturated heterocycles. The van der Waals surface area contributed by atoms with Crippen molar-refractivity contribution < 1.29 is 4.79 Å². The van der Waals surface area contributed by atoms with Gasteiger partial charge in [-0.3, -0.25) is 4.79 Å². The standard InChI is InChI=1S/C17H20N2OS/c1-11(7-16-6-3-12(2)21-16)19-17(20)13-4-5-14-9-18-10-15(14)8-13/h3-6,8,11,18H,7,9-10H2,1-2H3,(H,19,20). The smallest absolute Gasteiger partial charge is 0.251 e. The molecule has 0 radical (unpaired) electrons. The van der Waals surface area contributed by atoms with Gasteiger partial charge >= 0.3 is 0 Å². The van der Waals surface area contributed by atoms with Crippen LogP contribution in [0.2, 0.25) is 0 Å². The third-order valence-corrected chi connectivity index (χ3v) is 4.80. The molecule has 4 heteroatoms. The van der Waals surface area contributed by atoms with Crippen LogP contribution in [0.1, 0.15) is 38.2 Å². The van der Waals surface area contributed by atoms with Crippen molar-refractivity contribution in [3.05, 3.63) is 56.8 Å². The quantitative estimate of drug-likeness (QED) is 0.911. The minimum absolute atomic E-state index is 0.0190. The second-order valence-corrected chi connectivity index (χ2v) is 7.05. The molecule has 0 fully saturated rings. The summed E-state index contributed by atoms with van der Waals surface area (Å²) in [5, 5.41) is 6.39. The summed E-state index contributed by atoms with van der Waals surface area (Å²) in [7, 11) is 0. The molecule has 1 aliphatic heterocycles. The fraction of sp³-hybridized carbons (Fsp3) is 0.353. The predicted octanol–water partition coefficient (Wildman–Crippen LogP) is 3.02. The molecule has 1 aromatic carbocycles. The first-order chi connectivity index (χ1) is 10.1. The molecule has 0 saturated carbocycles. The molecule has 3 nitrogen and oxygen atoms in total. The Hall–Kier alpha value is -1.65. The molecule has 3 rings (SSSR count). The van der Waals surface area contributed by atoms with Gasteiger partial charge in [-0.05, 0) is 49.2 Å². The zero-order chi connectivity index (χ0) is 14.8. The van der Waals surface area contributed by atoms with Crippen LogP contribution >= 0.6 is 11.3 Å². The molecule has 2 aromatic rings. The van der Waals surface area contributed by atoms with Crippen molar-refractivity contribution in [3.8, 4) is 0 Å². The maximum Gasteiger partial charge on any atom is 0.251 e. The average molecular weight is 300 g/mol. The Labute approximate surface area is 129 Å². The third-order valence-electron chi connectivity index (χ3n) is 3.78. The highest BCUT2D eigenvalue weighted by Crippen LogP contribution is 2.18. The van der Waals surface area contributed by atoms with Gasteiger partial charge in [0, 0.05) is 40.9 Å². The van der Waals surface area contributed by atoms with Crippen LogP contribution in [0.25, 0.3) is 0 Å². The minimum Gasteiger partial charge on any atom is -0.349 e. The molecule has 0 bridgehead atoms. The van der Waals surface area contributed by atoms with E-state index in [0.29, 0.717) is 0 Å². The van der Waals surface area contributed by atoms with E-state index < -0.39 is 0 Å². The van der Waals surface area contributed by atoms with Gasteiger partial charge < -0.3 is 10.6 Å². The lowest BCUT2D eigenvalue weighted by Gasteiger charge is -2.13. The summed E-state index contributed by atoms with van der Waals surface area (Å²) in [5.41, 5.74) is 3.30. The second-order valence-electron chi connectivity index (χ2n) is 5.68. The maximum atomic E-state index is 12.3. The minimum atomic E-state index is 0.0190. The Balaban J connectivity index is 1.63. The lowest BCUT2D eigenvalue weighted by Crippen LogP contribution is -2.33. The van der Waals surface area contributed by atoms with Crippen molar-refractivity contribution >= 4 is 17.2 Å². The van der Waals surface area contributed by atoms with Crippen molar-refractivity contribution in [3.63, 3.8) is 0 Å². The molecule has 1 unspecified atom stereocenters. The molecular weight excluding hydrogens is 280 g/mol. The van der Waals surface area contributed by atoms with Crippen LogP contribution in [-0.4, -0.2) is 11.9 Å². The molecule has 1 aliphatic rings. The molecule has 0 spiro atoms. The monoisotopic (exact) mass is 300 g/mol. The number of nitrogens with one attached hydrogen (secondary N) is 2. The topological polar surface area (TPSA) is 41.1 Å². The number of hydrogen-bond donors (Lipinski definition) is 2. The number of fused-ring (bicyclic) bond motifs is 1. The Bertz CT molecular complexity index is 663. The van der Waals surface area contributed by atoms with E-state index in [1.165, 1.54) is 20.9 Å². The van der Waals surface area contributed by atoms with Gasteiger partial charge in [-0.2, -0.15) is 0 Å². The Morgan fingerprint density at radius 2 is 2.10 bits per heavy atom. The van der Waals surface area contributed by atoms with E-state index in [0.717, 1.165) is 25.1 Å². The van der Waals surface area contributed by atoms with Crippen molar-refractivity contribution in [1.82, 2.24) is 10.6 Å². The number of hydrogen-bond acceptors (Lipinski definition) is 3. The molecule has 1 amide bonds. The first-order valence-electron chi connectivity index (χ1n) is 7.30. The van der Waals surface area contributed by atoms with Gasteiger partial charge in [0.15, 0.2) is 0 Å². The SMILES string of the molecule is Cc1ccc(CC(C)NC(=O)c2ccc3c(c2)CNC3)s1. The normalized spacial score (nSPS) is 14.8. The third kappa shape index (κ3) is 3.34. The number of thiophene rings is 1. The highest BCUT2D eigenvalue weighted by Gasteiger charge is 2.15. The van der Waals surface area contributed by atoms with Crippen molar-refractivity contribution in [1.29, 1.82) is 0 Å². The van der Waals surface area contributed by atoms with Crippen LogP contribution in [0.4, 0.5) is 0 Å². The van der Waals surface area contributed by atoms with Crippen molar-refractivity contribution in [2.75, 3.05) is 0 Å². The van der Waals surface area contributed by atoms with Crippen LogP contribution < -0.4 is 10.6 Å². The summed E-state index contributed by atoms with van der Waals surface area (Å²) in [6.07, 6.45) is 0.886. The summed E-state index contributed by atoms with van der Waals surface area (Å²) in [6, 6.07) is 10.4. The number of rotatable bonds is 4. The van der Waals surface area contributed by atoms with Gasteiger partial charge in [-0.25, -0.2) is 0 Å². The zero-order valence-corrected chi connectivity index (χ0v) is 13.2. The van der Waals surface area contributed by atoms with E-state index in [2.05, 4.69) is 42.7 Å². The number of aryl methyl sites for hydroxylation is 1. The van der Waals surface area contributed by atoms with Crippen LogP contribution in [0.5, 0.6) is 0 Å². The summed E-state index contributed by atoms with van der Waals surface area (Å²) in [6.45, 7) is 5.93. The Morgan fingerprint density at radius 3 is 2.86 bits per heavy atom. The molecule has 21 heavy (non-hydrogen) atoms. The van der Waals surface area contributed by atoms with Gasteiger partial charge in [0.1, 0.15) is 0 Å². The van der Waals surface area contributed by atoms with E-state index in [4.69, 9.17) is 0 Å². The molecular formula is C17H20N2OS. The fourth-order valence-corrected chi connectivity index (χ4v) is 3.71. The van der Waals surface area contributed by atoms with Gasteiger partial charge in [0.2, 0.25) is 0 Å². The Kier molecular flexibility index (Phi) is 4.08. The maximum absolute atomic E-state index is 12.3. The lowest BCUT2D eigenvalue weighted by molar-refractivity contribution is 0.0940. The van der Waals surface area contributed by atoms with E-state index in [1.54, 1.807) is 11.3 Å². The second kappa shape index (κ2) is 6.00. The molecule has 110 valence electrons. The van der Waals surface area contributed by atoms with Crippen LogP contribution in [0, 0.1) is 6.92 Å². The average Bonchev–Trinajstić information content (AvgIpc) is 3.06. The highest BCUT2D eigenvalue weighted by molar-refractivity contribution is 7.11. The van der Waals surface area contributed by atoms with Crippen LogP contribution in [-0.2, 0) is 19.5 Å². The summed E-state index contributed by atoms with van der Waals surface area (Å²) in [4.78, 5) is 15.0. The first-order valence-corrected chi connectivity index (χ1v) is 8.12. The number of benzene rings is 1. The van der Waals surface area contributed by atoms with E-state index in [1.807, 2.05) is 12.1 Å². The van der Waals surface area contributed by atoms with Gasteiger partial charge in [0.05, 0.1) is 0 Å². The fourth-order valence-electron chi connectivity index (χ4n) is 2.69. The molecule has 2 N–H and O–H groups in total. The van der Waals surface area contributed by atoms with Crippen molar-refractivity contribution in [2.24, 2.45) is 0 Å². The first kappa shape index (κ1) is 14.3. The summed E-state index contributed by atoms with van der Waals surface area (Å²) in [5.74, 6) is 0.0190. The van der Waals surface area contributed by atoms with Gasteiger partial charge in [-0.1, -0.05) is 6.07 Å². The van der Waals surface area contributed by atoms with E-state index in [9.17, 15) is 4.79 Å². The van der Waals surface area contributed by atoms with Gasteiger partial charge in [0.25, 0.3) is 5.91 Å². The van der Waals surface area contributed by atoms with Crippen molar-refractivity contribution in [2.45, 2.75) is 39.4 Å². The summed E-state index contributed by atoms with van der Waals surface area (Å²) < 4.78 is 0. The molecule has 1 atom stereocenters. The predicted molar refractivity (Wildman–Crippen MR) is 86.7 cm³/mol. The zero-order valence-electron chi connectivity index (χ0n) is 12.4. The molecule has 1 aromatic heterocycles. The van der Waals surface area contributed by atoms with Crippen LogP contribution in [0.3, 0.4) is 0 Å². The van der Waals surface area contributed by atoms with Crippen LogP contribution in [0.15, 0.2) is 30.3 Å². The van der Waals surface area contributed by atoms with E-state index in [-0.39, 0.29) is 11.9 Å². The number of carbonyl (C=O) groups excluding carboxylic acids is 1. The highest BCUT2D eigenvalue weighted by atomic mass is 32.1. The molecule has 0 aliphatic carbocycles. The molecule has 2 heterocycles. The summed E-state index contributed by atoms with van der Waals surface area (Å²) >= 11 is 1.80. The number of amides is 1. The Morgan fingerprint density at radius 1 is 1.29 bits per heavy atom. The van der Waals surface area contributed by atoms with Gasteiger partial charge in [-0.15, -0.1) is 11.3 Å².